The van der Waals surface area contributed by atoms with Crippen molar-refractivity contribution in [3.05, 3.63) is 48.0 Å². The van der Waals surface area contributed by atoms with Gasteiger partial charge in [0, 0.05) is 24.5 Å². The maximum atomic E-state index is 12.5. The van der Waals surface area contributed by atoms with E-state index in [0.29, 0.717) is 11.4 Å². The molecule has 0 spiro atoms. The number of fused-ring (bicyclic) bond motifs is 1. The molecular weight excluding hydrogens is 368 g/mol. The van der Waals surface area contributed by atoms with Crippen LogP contribution < -0.4 is 25.6 Å². The topological polar surface area (TPSA) is 82.7 Å². The van der Waals surface area contributed by atoms with Crippen LogP contribution in [0.5, 0.6) is 5.75 Å². The van der Waals surface area contributed by atoms with E-state index in [1.165, 1.54) is 19.3 Å². The predicted molar refractivity (Wildman–Crippen MR) is 114 cm³/mol. The summed E-state index contributed by atoms with van der Waals surface area (Å²) in [5.41, 5.74) is 3.42. The standard InChI is InChI=1S/C22H26N4O3/c1-15(16-8-9-20-19(12-16)25-21(27)14-29-20)23-22(28)24-17-6-5-7-18(13-17)26-10-3-2-4-11-26/h5-9,12-13,15H,2-4,10-11,14H2,1H3,(H,25,27)(H2,23,24,28). The van der Waals surface area contributed by atoms with Crippen LogP contribution in [0.4, 0.5) is 21.9 Å². The molecule has 4 rings (SSSR count). The van der Waals surface area contributed by atoms with Crippen molar-refractivity contribution >= 4 is 29.0 Å². The lowest BCUT2D eigenvalue weighted by molar-refractivity contribution is -0.118. The fraction of sp³-hybridized carbons (Fsp3) is 0.364. The Bertz CT molecular complexity index is 909. The monoisotopic (exact) mass is 394 g/mol. The molecule has 0 aliphatic carbocycles. The molecule has 1 saturated heterocycles. The van der Waals surface area contributed by atoms with Crippen molar-refractivity contribution in [3.8, 4) is 5.75 Å². The van der Waals surface area contributed by atoms with Gasteiger partial charge < -0.3 is 25.6 Å². The average Bonchev–Trinajstić information content (AvgIpc) is 2.74. The Hall–Kier alpha value is -3.22. The molecule has 1 fully saturated rings. The smallest absolute Gasteiger partial charge is 0.319 e. The normalized spacial score (nSPS) is 16.9. The number of hydrogen-bond donors (Lipinski definition) is 3. The molecule has 0 saturated carbocycles. The number of nitrogens with one attached hydrogen (secondary N) is 3. The fourth-order valence-electron chi connectivity index (χ4n) is 3.75. The highest BCUT2D eigenvalue weighted by molar-refractivity contribution is 5.95. The molecule has 2 aliphatic heterocycles. The van der Waals surface area contributed by atoms with E-state index in [-0.39, 0.29) is 24.6 Å². The Morgan fingerprint density at radius 3 is 2.79 bits per heavy atom. The van der Waals surface area contributed by atoms with Crippen molar-refractivity contribution in [2.75, 3.05) is 35.2 Å². The van der Waals surface area contributed by atoms with Crippen molar-refractivity contribution in [1.82, 2.24) is 5.32 Å². The van der Waals surface area contributed by atoms with Crippen LogP contribution in [0.15, 0.2) is 42.5 Å². The number of piperidine rings is 1. The van der Waals surface area contributed by atoms with Crippen molar-refractivity contribution < 1.29 is 14.3 Å². The quantitative estimate of drug-likeness (QED) is 0.735. The maximum Gasteiger partial charge on any atom is 0.319 e. The van der Waals surface area contributed by atoms with E-state index in [0.717, 1.165) is 30.0 Å². The zero-order valence-electron chi connectivity index (χ0n) is 16.5. The molecule has 29 heavy (non-hydrogen) atoms. The van der Waals surface area contributed by atoms with E-state index in [1.807, 2.05) is 43.3 Å². The summed E-state index contributed by atoms with van der Waals surface area (Å²) >= 11 is 0. The summed E-state index contributed by atoms with van der Waals surface area (Å²) in [6.07, 6.45) is 3.71. The fourth-order valence-corrected chi connectivity index (χ4v) is 3.75. The first kappa shape index (κ1) is 19.1. The van der Waals surface area contributed by atoms with Crippen LogP contribution in [0.1, 0.15) is 37.8 Å². The van der Waals surface area contributed by atoms with Crippen molar-refractivity contribution in [3.63, 3.8) is 0 Å². The summed E-state index contributed by atoms with van der Waals surface area (Å²) in [6, 6.07) is 13.0. The van der Waals surface area contributed by atoms with Crippen LogP contribution in [0.25, 0.3) is 0 Å². The van der Waals surface area contributed by atoms with E-state index in [2.05, 4.69) is 26.9 Å². The van der Waals surface area contributed by atoms with Gasteiger partial charge in [0.05, 0.1) is 11.7 Å². The second-order valence-corrected chi connectivity index (χ2v) is 7.51. The third-order valence-corrected chi connectivity index (χ3v) is 5.31. The Kier molecular flexibility index (Phi) is 5.55. The van der Waals surface area contributed by atoms with Crippen LogP contribution >= 0.6 is 0 Å². The van der Waals surface area contributed by atoms with Crippen LogP contribution in [-0.2, 0) is 4.79 Å². The Balaban J connectivity index is 1.38. The number of anilines is 3. The van der Waals surface area contributed by atoms with Crippen molar-refractivity contribution in [2.24, 2.45) is 0 Å². The Morgan fingerprint density at radius 1 is 1.14 bits per heavy atom. The number of urea groups is 1. The first-order chi connectivity index (χ1) is 14.1. The highest BCUT2D eigenvalue weighted by Gasteiger charge is 2.18. The number of nitrogens with zero attached hydrogens (tertiary/aromatic N) is 1. The van der Waals surface area contributed by atoms with E-state index >= 15 is 0 Å². The molecule has 152 valence electrons. The summed E-state index contributed by atoms with van der Waals surface area (Å²) in [5, 5.41) is 8.65. The second-order valence-electron chi connectivity index (χ2n) is 7.51. The molecule has 2 aromatic rings. The van der Waals surface area contributed by atoms with E-state index < -0.39 is 0 Å². The van der Waals surface area contributed by atoms with E-state index in [1.54, 1.807) is 0 Å². The van der Waals surface area contributed by atoms with Crippen LogP contribution in [0.2, 0.25) is 0 Å². The second kappa shape index (κ2) is 8.43. The Morgan fingerprint density at radius 2 is 1.97 bits per heavy atom. The summed E-state index contributed by atoms with van der Waals surface area (Å²) < 4.78 is 5.38. The minimum atomic E-state index is -0.272. The number of carbonyl (C=O) groups is 2. The van der Waals surface area contributed by atoms with E-state index in [9.17, 15) is 9.59 Å². The lowest BCUT2D eigenvalue weighted by atomic mass is 10.1. The number of rotatable bonds is 4. The largest absolute Gasteiger partial charge is 0.482 e. The molecule has 1 unspecified atom stereocenters. The zero-order valence-corrected chi connectivity index (χ0v) is 16.5. The molecule has 7 heteroatoms. The summed E-state index contributed by atoms with van der Waals surface area (Å²) in [6.45, 7) is 4.05. The van der Waals surface area contributed by atoms with Crippen molar-refractivity contribution in [1.29, 1.82) is 0 Å². The summed E-state index contributed by atoms with van der Waals surface area (Å²) in [5.74, 6) is 0.459. The molecule has 0 bridgehead atoms. The zero-order chi connectivity index (χ0) is 20.2. The van der Waals surface area contributed by atoms with Gasteiger partial charge in [-0.2, -0.15) is 0 Å². The van der Waals surface area contributed by atoms with Gasteiger partial charge in [-0.25, -0.2) is 4.79 Å². The molecule has 7 nitrogen and oxygen atoms in total. The first-order valence-electron chi connectivity index (χ1n) is 10.1. The first-order valence-corrected chi connectivity index (χ1v) is 10.1. The lowest BCUT2D eigenvalue weighted by Gasteiger charge is -2.29. The van der Waals surface area contributed by atoms with Gasteiger partial charge in [0.2, 0.25) is 0 Å². The summed E-state index contributed by atoms with van der Waals surface area (Å²) in [7, 11) is 0. The third kappa shape index (κ3) is 4.62. The van der Waals surface area contributed by atoms with Gasteiger partial charge in [-0.15, -0.1) is 0 Å². The molecule has 0 radical (unpaired) electrons. The highest BCUT2D eigenvalue weighted by Crippen LogP contribution is 2.30. The lowest BCUT2D eigenvalue weighted by Crippen LogP contribution is -2.32. The van der Waals surface area contributed by atoms with Gasteiger partial charge >= 0.3 is 6.03 Å². The molecule has 2 aliphatic rings. The van der Waals surface area contributed by atoms with Gasteiger partial charge in [-0.05, 0) is 62.1 Å². The molecule has 0 aromatic heterocycles. The number of benzene rings is 2. The molecule has 3 N–H and O–H groups in total. The van der Waals surface area contributed by atoms with Gasteiger partial charge in [0.1, 0.15) is 5.75 Å². The Labute approximate surface area is 170 Å². The molecule has 3 amide bonds. The molecular formula is C22H26N4O3. The minimum Gasteiger partial charge on any atom is -0.482 e. The van der Waals surface area contributed by atoms with Crippen LogP contribution in [0.3, 0.4) is 0 Å². The molecule has 2 heterocycles. The molecule has 2 aromatic carbocycles. The minimum absolute atomic E-state index is 0.0268. The summed E-state index contributed by atoms with van der Waals surface area (Å²) in [4.78, 5) is 26.4. The number of amides is 3. The predicted octanol–water partition coefficient (Wildman–Crippen LogP) is 3.89. The van der Waals surface area contributed by atoms with Gasteiger partial charge in [0.25, 0.3) is 5.91 Å². The SMILES string of the molecule is CC(NC(=O)Nc1cccc(N2CCCCC2)c1)c1ccc2c(c1)NC(=O)CO2. The number of hydrogen-bond acceptors (Lipinski definition) is 4. The highest BCUT2D eigenvalue weighted by atomic mass is 16.5. The van der Waals surface area contributed by atoms with Gasteiger partial charge in [-0.3, -0.25) is 4.79 Å². The number of ether oxygens (including phenoxy) is 1. The van der Waals surface area contributed by atoms with Gasteiger partial charge in [0.15, 0.2) is 6.61 Å². The average molecular weight is 394 g/mol. The third-order valence-electron chi connectivity index (χ3n) is 5.31. The van der Waals surface area contributed by atoms with Crippen LogP contribution in [-0.4, -0.2) is 31.6 Å². The number of carbonyl (C=O) groups excluding carboxylic acids is 2. The van der Waals surface area contributed by atoms with Gasteiger partial charge in [-0.1, -0.05) is 12.1 Å². The van der Waals surface area contributed by atoms with Crippen LogP contribution in [0, 0.1) is 0 Å². The van der Waals surface area contributed by atoms with E-state index in [4.69, 9.17) is 4.74 Å². The molecule has 1 atom stereocenters. The van der Waals surface area contributed by atoms with Crippen molar-refractivity contribution in [2.45, 2.75) is 32.2 Å². The maximum absolute atomic E-state index is 12.5.